The van der Waals surface area contributed by atoms with Crippen LogP contribution >= 0.6 is 25.3 Å². The molecule has 0 radical (unpaired) electrons. The van der Waals surface area contributed by atoms with Crippen LogP contribution in [0.1, 0.15) is 6.42 Å². The molecule has 0 nitrogen and oxygen atoms in total. The van der Waals surface area contributed by atoms with Crippen LogP contribution in [0, 0.1) is 0 Å². The molecule has 0 atom stereocenters. The molecule has 0 bridgehead atoms. The quantitative estimate of drug-likeness (QED) is 0.529. The van der Waals surface area contributed by atoms with Gasteiger partial charge < -0.3 is 0 Å². The van der Waals surface area contributed by atoms with Crippen LogP contribution in [-0.4, -0.2) is 0 Å². The molecule has 7 heavy (non-hydrogen) atoms. The van der Waals surface area contributed by atoms with Crippen LogP contribution in [-0.2, 0) is 0 Å². The van der Waals surface area contributed by atoms with Gasteiger partial charge in [0.05, 0.1) is 0 Å². The molecule has 0 unspecified atom stereocenters. The molecule has 0 aliphatic rings. The van der Waals surface area contributed by atoms with Crippen molar-refractivity contribution in [3.05, 3.63) is 23.0 Å². The summed E-state index contributed by atoms with van der Waals surface area (Å²) >= 11 is 7.71. The zero-order valence-corrected chi connectivity index (χ0v) is 5.70. The molecule has 0 aromatic carbocycles. The molecule has 0 heterocycles. The highest BCUT2D eigenvalue weighted by Crippen LogP contribution is 1.87. The Kier molecular flexibility index (Phi) is 6.34. The van der Waals surface area contributed by atoms with Crippen molar-refractivity contribution < 1.29 is 0 Å². The van der Waals surface area contributed by atoms with E-state index < -0.39 is 0 Å². The fourth-order valence-electron chi connectivity index (χ4n) is 0.200. The minimum Gasteiger partial charge on any atom is -0.152 e. The molecule has 0 aliphatic carbocycles. The normalized spacial score (nSPS) is 11.7. The smallest absolute Gasteiger partial charge is 0.0153 e. The van der Waals surface area contributed by atoms with Crippen LogP contribution in [0.15, 0.2) is 23.0 Å². The van der Waals surface area contributed by atoms with E-state index in [1.807, 2.05) is 12.2 Å². The van der Waals surface area contributed by atoms with Gasteiger partial charge in [-0.15, -0.1) is 0 Å². The summed E-state index contributed by atoms with van der Waals surface area (Å²) in [5.41, 5.74) is 0. The van der Waals surface area contributed by atoms with Gasteiger partial charge in [-0.2, -0.15) is 25.3 Å². The summed E-state index contributed by atoms with van der Waals surface area (Å²) in [6, 6.07) is 0. The van der Waals surface area contributed by atoms with Gasteiger partial charge >= 0.3 is 0 Å². The molecular weight excluding hydrogens is 124 g/mol. The van der Waals surface area contributed by atoms with E-state index in [9.17, 15) is 0 Å². The van der Waals surface area contributed by atoms with E-state index in [0.717, 1.165) is 6.42 Å². The van der Waals surface area contributed by atoms with Gasteiger partial charge in [0.2, 0.25) is 0 Å². The Morgan fingerprint density at radius 3 is 1.71 bits per heavy atom. The SMILES string of the molecule is S/C=C/C/C=C/S. The Morgan fingerprint density at radius 2 is 1.43 bits per heavy atom. The zero-order valence-electron chi connectivity index (χ0n) is 3.91. The summed E-state index contributed by atoms with van der Waals surface area (Å²) in [5, 5.41) is 3.43. The lowest BCUT2D eigenvalue weighted by Crippen LogP contribution is -1.49. The van der Waals surface area contributed by atoms with Gasteiger partial charge in [-0.25, -0.2) is 0 Å². The molecule has 2 heteroatoms. The highest BCUT2D eigenvalue weighted by atomic mass is 32.1. The van der Waals surface area contributed by atoms with Gasteiger partial charge in [-0.1, -0.05) is 12.2 Å². The maximum atomic E-state index is 3.85. The first kappa shape index (κ1) is 7.18. The Morgan fingerprint density at radius 1 is 1.00 bits per heavy atom. The lowest BCUT2D eigenvalue weighted by Gasteiger charge is -1.72. The summed E-state index contributed by atoms with van der Waals surface area (Å²) in [4.78, 5) is 0. The number of rotatable bonds is 2. The lowest BCUT2D eigenvalue weighted by molar-refractivity contribution is 1.42. The fraction of sp³-hybridized carbons (Fsp3) is 0.200. The van der Waals surface area contributed by atoms with Crippen molar-refractivity contribution in [2.75, 3.05) is 0 Å². The van der Waals surface area contributed by atoms with Gasteiger partial charge in [0.1, 0.15) is 0 Å². The van der Waals surface area contributed by atoms with Crippen LogP contribution in [0.3, 0.4) is 0 Å². The first-order valence-corrected chi connectivity index (χ1v) is 3.03. The Labute approximate surface area is 55.1 Å². The van der Waals surface area contributed by atoms with Crippen LogP contribution in [0.2, 0.25) is 0 Å². The molecule has 0 fully saturated rings. The predicted octanol–water partition coefficient (Wildman–Crippen LogP) is 2.26. The van der Waals surface area contributed by atoms with E-state index in [0.29, 0.717) is 0 Å². The maximum absolute atomic E-state index is 3.85. The topological polar surface area (TPSA) is 0 Å². The maximum Gasteiger partial charge on any atom is -0.0153 e. The van der Waals surface area contributed by atoms with Crippen molar-refractivity contribution >= 4 is 25.3 Å². The average Bonchev–Trinajstić information content (AvgIpc) is 1.69. The zero-order chi connectivity index (χ0) is 5.54. The largest absolute Gasteiger partial charge is 0.152 e. The van der Waals surface area contributed by atoms with Crippen molar-refractivity contribution in [2.24, 2.45) is 0 Å². The van der Waals surface area contributed by atoms with Crippen LogP contribution in [0.25, 0.3) is 0 Å². The van der Waals surface area contributed by atoms with E-state index in [1.54, 1.807) is 10.8 Å². The Hall–Kier alpha value is 0.180. The summed E-state index contributed by atoms with van der Waals surface area (Å²) < 4.78 is 0. The molecule has 0 N–H and O–H groups in total. The van der Waals surface area contributed by atoms with Crippen molar-refractivity contribution in [1.29, 1.82) is 0 Å². The number of hydrogen-bond acceptors (Lipinski definition) is 2. The number of allylic oxidation sites excluding steroid dienone is 2. The van der Waals surface area contributed by atoms with Gasteiger partial charge in [0.25, 0.3) is 0 Å². The van der Waals surface area contributed by atoms with Gasteiger partial charge in [-0.3, -0.25) is 0 Å². The fourth-order valence-corrected chi connectivity index (χ4v) is 0.444. The van der Waals surface area contributed by atoms with Crippen molar-refractivity contribution in [3.63, 3.8) is 0 Å². The molecule has 0 saturated heterocycles. The third kappa shape index (κ3) is 6.18. The molecular formula is C5H8S2. The highest BCUT2D eigenvalue weighted by Gasteiger charge is 1.62. The monoisotopic (exact) mass is 132 g/mol. The second-order valence-electron chi connectivity index (χ2n) is 1.01. The third-order valence-corrected chi connectivity index (χ3v) is 0.905. The van der Waals surface area contributed by atoms with Crippen molar-refractivity contribution in [1.82, 2.24) is 0 Å². The van der Waals surface area contributed by atoms with Crippen molar-refractivity contribution in [2.45, 2.75) is 6.42 Å². The summed E-state index contributed by atoms with van der Waals surface area (Å²) in [6.07, 6.45) is 4.80. The summed E-state index contributed by atoms with van der Waals surface area (Å²) in [5.74, 6) is 0. The van der Waals surface area contributed by atoms with Crippen LogP contribution in [0.4, 0.5) is 0 Å². The second-order valence-corrected chi connectivity index (χ2v) is 1.60. The number of thiol groups is 2. The van der Waals surface area contributed by atoms with E-state index >= 15 is 0 Å². The number of hydrogen-bond donors (Lipinski definition) is 2. The van der Waals surface area contributed by atoms with Crippen molar-refractivity contribution in [3.8, 4) is 0 Å². The molecule has 0 aromatic heterocycles. The standard InChI is InChI=1S/C5H8S2/c6-4-2-1-3-5-7/h2-7H,1H2/b4-2+,5-3+. The Bertz CT molecular complexity index is 64.1. The minimum atomic E-state index is 0.924. The molecule has 0 rings (SSSR count). The minimum absolute atomic E-state index is 0.924. The summed E-state index contributed by atoms with van der Waals surface area (Å²) in [6.45, 7) is 0. The van der Waals surface area contributed by atoms with E-state index in [1.165, 1.54) is 0 Å². The van der Waals surface area contributed by atoms with Gasteiger partial charge in [0.15, 0.2) is 0 Å². The first-order chi connectivity index (χ1) is 3.41. The Balaban J connectivity index is 2.98. The van der Waals surface area contributed by atoms with Gasteiger partial charge in [-0.05, 0) is 17.2 Å². The molecule has 0 spiro atoms. The third-order valence-electron chi connectivity index (χ3n) is 0.483. The van der Waals surface area contributed by atoms with Gasteiger partial charge in [0, 0.05) is 0 Å². The van der Waals surface area contributed by atoms with Crippen LogP contribution in [0.5, 0.6) is 0 Å². The second kappa shape index (κ2) is 6.18. The molecule has 0 aromatic rings. The first-order valence-electron chi connectivity index (χ1n) is 2.00. The lowest BCUT2D eigenvalue weighted by atomic mass is 10.4. The highest BCUT2D eigenvalue weighted by molar-refractivity contribution is 7.83. The average molecular weight is 132 g/mol. The van der Waals surface area contributed by atoms with Crippen LogP contribution < -0.4 is 0 Å². The molecule has 0 amide bonds. The molecule has 0 aliphatic heterocycles. The van der Waals surface area contributed by atoms with E-state index in [4.69, 9.17) is 0 Å². The predicted molar refractivity (Wildman–Crippen MR) is 40.9 cm³/mol. The van der Waals surface area contributed by atoms with E-state index in [2.05, 4.69) is 25.3 Å². The van der Waals surface area contributed by atoms with E-state index in [-0.39, 0.29) is 0 Å². The summed E-state index contributed by atoms with van der Waals surface area (Å²) in [7, 11) is 0. The molecule has 0 saturated carbocycles. The molecule has 40 valence electrons.